The lowest BCUT2D eigenvalue weighted by Gasteiger charge is -2.02. The highest BCUT2D eigenvalue weighted by atomic mass is 79.9. The SMILES string of the molecule is Cn1c(=O)c2c(CC(=O)Nc3nc(-c4ccc(Br)cc4)cs3)onc2n(C)c1=O. The van der Waals surface area contributed by atoms with E-state index in [2.05, 4.69) is 31.4 Å². The van der Waals surface area contributed by atoms with Gasteiger partial charge in [0.1, 0.15) is 5.39 Å². The zero-order chi connectivity index (χ0) is 20.7. The number of halogens is 1. The highest BCUT2D eigenvalue weighted by Gasteiger charge is 2.20. The summed E-state index contributed by atoms with van der Waals surface area (Å²) in [6, 6.07) is 7.67. The van der Waals surface area contributed by atoms with Crippen LogP contribution in [0.5, 0.6) is 0 Å². The first-order valence-corrected chi connectivity index (χ1v) is 10.1. The molecule has 0 bridgehead atoms. The average molecular weight is 476 g/mol. The van der Waals surface area contributed by atoms with Gasteiger partial charge in [0.25, 0.3) is 5.56 Å². The van der Waals surface area contributed by atoms with Crippen molar-refractivity contribution in [3.8, 4) is 11.3 Å². The van der Waals surface area contributed by atoms with Crippen LogP contribution in [0, 0.1) is 0 Å². The number of rotatable bonds is 4. The normalized spacial score (nSPS) is 11.1. The number of fused-ring (bicyclic) bond motifs is 1. The molecule has 0 aliphatic heterocycles. The third kappa shape index (κ3) is 3.54. The van der Waals surface area contributed by atoms with Gasteiger partial charge in [-0.1, -0.05) is 33.2 Å². The van der Waals surface area contributed by atoms with Gasteiger partial charge in [0, 0.05) is 29.5 Å². The second-order valence-electron chi connectivity index (χ2n) is 6.28. The lowest BCUT2D eigenvalue weighted by Crippen LogP contribution is -2.37. The van der Waals surface area contributed by atoms with Gasteiger partial charge >= 0.3 is 5.69 Å². The standard InChI is InChI=1S/C18H14BrN5O4S/c1-23-15-14(16(26)24(2)18(23)27)12(28-22-15)7-13(25)21-17-20-11(8-29-17)9-3-5-10(19)6-4-9/h3-6,8H,7H2,1-2H3,(H,20,21,25). The van der Waals surface area contributed by atoms with Crippen molar-refractivity contribution in [2.45, 2.75) is 6.42 Å². The van der Waals surface area contributed by atoms with Gasteiger partial charge in [0.15, 0.2) is 16.5 Å². The average Bonchev–Trinajstić information content (AvgIpc) is 3.32. The van der Waals surface area contributed by atoms with Crippen LogP contribution >= 0.6 is 27.3 Å². The monoisotopic (exact) mass is 475 g/mol. The number of anilines is 1. The van der Waals surface area contributed by atoms with Gasteiger partial charge in [-0.05, 0) is 12.1 Å². The summed E-state index contributed by atoms with van der Waals surface area (Å²) in [4.78, 5) is 41.2. The summed E-state index contributed by atoms with van der Waals surface area (Å²) in [6.07, 6.45) is -0.211. The lowest BCUT2D eigenvalue weighted by atomic mass is 10.2. The second kappa shape index (κ2) is 7.41. The van der Waals surface area contributed by atoms with E-state index in [1.165, 1.54) is 30.0 Å². The van der Waals surface area contributed by atoms with Crippen molar-refractivity contribution in [3.05, 3.63) is 60.7 Å². The molecule has 4 rings (SSSR count). The summed E-state index contributed by atoms with van der Waals surface area (Å²) in [5.74, 6) is -0.311. The molecule has 9 nitrogen and oxygen atoms in total. The van der Waals surface area contributed by atoms with Gasteiger partial charge in [0.2, 0.25) is 5.91 Å². The Balaban J connectivity index is 1.56. The number of nitrogens with zero attached hydrogens (tertiary/aromatic N) is 4. The van der Waals surface area contributed by atoms with Crippen LogP contribution in [0.2, 0.25) is 0 Å². The largest absolute Gasteiger partial charge is 0.358 e. The quantitative estimate of drug-likeness (QED) is 0.484. The van der Waals surface area contributed by atoms with Gasteiger partial charge in [0.05, 0.1) is 12.1 Å². The Morgan fingerprint density at radius 2 is 1.93 bits per heavy atom. The molecule has 0 atom stereocenters. The Kier molecular flexibility index (Phi) is 4.92. The first-order chi connectivity index (χ1) is 13.8. The van der Waals surface area contributed by atoms with Crippen LogP contribution < -0.4 is 16.6 Å². The number of aromatic nitrogens is 4. The smallest absolute Gasteiger partial charge is 0.332 e. The summed E-state index contributed by atoms with van der Waals surface area (Å²) in [5.41, 5.74) is 0.698. The van der Waals surface area contributed by atoms with Crippen molar-refractivity contribution in [2.75, 3.05) is 5.32 Å². The van der Waals surface area contributed by atoms with Gasteiger partial charge < -0.3 is 9.84 Å². The van der Waals surface area contributed by atoms with Crippen LogP contribution in [0.3, 0.4) is 0 Å². The summed E-state index contributed by atoms with van der Waals surface area (Å²) in [6.45, 7) is 0. The molecule has 29 heavy (non-hydrogen) atoms. The fourth-order valence-corrected chi connectivity index (χ4v) is 3.84. The van der Waals surface area contributed by atoms with E-state index in [4.69, 9.17) is 4.52 Å². The predicted octanol–water partition coefficient (Wildman–Crippen LogP) is 2.29. The topological polar surface area (TPSA) is 112 Å². The van der Waals surface area contributed by atoms with Gasteiger partial charge in [-0.25, -0.2) is 9.78 Å². The highest BCUT2D eigenvalue weighted by molar-refractivity contribution is 9.10. The van der Waals surface area contributed by atoms with Gasteiger partial charge in [-0.3, -0.25) is 18.7 Å². The number of thiazole rings is 1. The molecule has 0 saturated carbocycles. The molecule has 0 saturated heterocycles. The van der Waals surface area contributed by atoms with E-state index < -0.39 is 17.2 Å². The van der Waals surface area contributed by atoms with Crippen molar-refractivity contribution < 1.29 is 9.32 Å². The molecule has 148 valence electrons. The third-order valence-corrected chi connectivity index (χ3v) is 5.65. The second-order valence-corrected chi connectivity index (χ2v) is 8.05. The molecule has 0 fully saturated rings. The van der Waals surface area contributed by atoms with Crippen LogP contribution in [0.25, 0.3) is 22.3 Å². The lowest BCUT2D eigenvalue weighted by molar-refractivity contribution is -0.115. The minimum Gasteiger partial charge on any atom is -0.358 e. The van der Waals surface area contributed by atoms with E-state index in [0.717, 1.165) is 20.3 Å². The van der Waals surface area contributed by atoms with Crippen LogP contribution in [0.15, 0.2) is 48.2 Å². The molecule has 0 aliphatic rings. The Bertz CT molecular complexity index is 1350. The van der Waals surface area contributed by atoms with E-state index in [-0.39, 0.29) is 23.2 Å². The van der Waals surface area contributed by atoms with E-state index in [0.29, 0.717) is 5.13 Å². The third-order valence-electron chi connectivity index (χ3n) is 4.37. The number of amides is 1. The van der Waals surface area contributed by atoms with Crippen molar-refractivity contribution in [1.82, 2.24) is 19.3 Å². The first-order valence-electron chi connectivity index (χ1n) is 8.40. The fourth-order valence-electron chi connectivity index (χ4n) is 2.84. The van der Waals surface area contributed by atoms with Gasteiger partial charge in [-0.2, -0.15) is 0 Å². The molecular formula is C18H14BrN5O4S. The summed E-state index contributed by atoms with van der Waals surface area (Å²) in [7, 11) is 2.84. The summed E-state index contributed by atoms with van der Waals surface area (Å²) in [5, 5.41) is 8.85. The first kappa shape index (κ1) is 19.3. The number of hydrogen-bond donors (Lipinski definition) is 1. The molecule has 11 heteroatoms. The van der Waals surface area contributed by atoms with E-state index in [1.807, 2.05) is 29.6 Å². The minimum atomic E-state index is -0.557. The number of carbonyl (C=O) groups excluding carboxylic acids is 1. The molecule has 3 heterocycles. The van der Waals surface area contributed by atoms with Crippen LogP contribution in [-0.2, 0) is 25.3 Å². The molecule has 0 aliphatic carbocycles. The van der Waals surface area contributed by atoms with Crippen molar-refractivity contribution >= 4 is 49.3 Å². The van der Waals surface area contributed by atoms with Crippen LogP contribution in [-0.4, -0.2) is 25.2 Å². The minimum absolute atomic E-state index is 0.0957. The molecule has 1 N–H and O–H groups in total. The predicted molar refractivity (Wildman–Crippen MR) is 112 cm³/mol. The van der Waals surface area contributed by atoms with E-state index >= 15 is 0 Å². The molecule has 4 aromatic rings. The molecule has 0 spiro atoms. The number of benzene rings is 1. The zero-order valence-corrected chi connectivity index (χ0v) is 17.7. The molecule has 0 radical (unpaired) electrons. The maximum Gasteiger partial charge on any atom is 0.332 e. The molecule has 0 unspecified atom stereocenters. The maximum absolute atomic E-state index is 12.4. The Morgan fingerprint density at radius 3 is 2.66 bits per heavy atom. The van der Waals surface area contributed by atoms with Crippen molar-refractivity contribution in [3.63, 3.8) is 0 Å². The number of aryl methyl sites for hydroxylation is 1. The van der Waals surface area contributed by atoms with E-state index in [1.54, 1.807) is 0 Å². The van der Waals surface area contributed by atoms with E-state index in [9.17, 15) is 14.4 Å². The Hall–Kier alpha value is -3.05. The number of hydrogen-bond acceptors (Lipinski definition) is 7. The maximum atomic E-state index is 12.4. The molecule has 1 amide bonds. The van der Waals surface area contributed by atoms with Crippen molar-refractivity contribution in [1.29, 1.82) is 0 Å². The summed E-state index contributed by atoms with van der Waals surface area (Å²) >= 11 is 4.68. The Morgan fingerprint density at radius 1 is 1.21 bits per heavy atom. The van der Waals surface area contributed by atoms with Crippen LogP contribution in [0.4, 0.5) is 5.13 Å². The molecule has 3 aromatic heterocycles. The number of nitrogens with one attached hydrogen (secondary N) is 1. The Labute approximate surface area is 175 Å². The number of carbonyl (C=O) groups is 1. The molecular weight excluding hydrogens is 462 g/mol. The van der Waals surface area contributed by atoms with Gasteiger partial charge in [-0.15, -0.1) is 11.3 Å². The summed E-state index contributed by atoms with van der Waals surface area (Å²) < 4.78 is 8.29. The van der Waals surface area contributed by atoms with Crippen LogP contribution in [0.1, 0.15) is 5.76 Å². The van der Waals surface area contributed by atoms with Crippen molar-refractivity contribution in [2.24, 2.45) is 14.1 Å². The fraction of sp³-hybridized carbons (Fsp3) is 0.167. The zero-order valence-electron chi connectivity index (χ0n) is 15.3. The molecule has 1 aromatic carbocycles. The highest BCUT2D eigenvalue weighted by Crippen LogP contribution is 2.26.